The SMILES string of the molecule is CCC(C)C(=O)N[C@@H](CCOC1CC(CCc2ccc3c(n2)NCCC3)C1)C(=O)O. The fourth-order valence-corrected chi connectivity index (χ4v) is 4.02. The summed E-state index contributed by atoms with van der Waals surface area (Å²) in [5.41, 5.74) is 2.47. The number of carboxylic acid groups (broad SMARTS) is 1. The van der Waals surface area contributed by atoms with Crippen LogP contribution in [0.4, 0.5) is 5.82 Å². The van der Waals surface area contributed by atoms with Gasteiger partial charge in [-0.2, -0.15) is 0 Å². The molecule has 1 amide bonds. The van der Waals surface area contributed by atoms with Gasteiger partial charge in [-0.05, 0) is 62.5 Å². The summed E-state index contributed by atoms with van der Waals surface area (Å²) in [5.74, 6) is 0.303. The maximum Gasteiger partial charge on any atom is 0.326 e. The van der Waals surface area contributed by atoms with Crippen LogP contribution in [-0.2, 0) is 27.2 Å². The van der Waals surface area contributed by atoms with Gasteiger partial charge in [-0.3, -0.25) is 4.79 Å². The molecule has 2 aliphatic rings. The molecule has 7 heteroatoms. The van der Waals surface area contributed by atoms with Crippen LogP contribution in [0.25, 0.3) is 0 Å². The second-order valence-electron chi connectivity index (χ2n) is 8.71. The van der Waals surface area contributed by atoms with Crippen molar-refractivity contribution >= 4 is 17.7 Å². The number of aliphatic carboxylic acids is 1. The van der Waals surface area contributed by atoms with Crippen molar-refractivity contribution in [3.63, 3.8) is 0 Å². The lowest BCUT2D eigenvalue weighted by atomic mass is 9.79. The van der Waals surface area contributed by atoms with E-state index in [9.17, 15) is 14.7 Å². The van der Waals surface area contributed by atoms with Crippen LogP contribution < -0.4 is 10.6 Å². The number of nitrogens with zero attached hydrogens (tertiary/aromatic N) is 1. The first-order valence-corrected chi connectivity index (χ1v) is 11.3. The van der Waals surface area contributed by atoms with Gasteiger partial charge in [0.2, 0.25) is 5.91 Å². The van der Waals surface area contributed by atoms with Crippen molar-refractivity contribution in [3.8, 4) is 0 Å². The molecule has 7 nitrogen and oxygen atoms in total. The highest BCUT2D eigenvalue weighted by Crippen LogP contribution is 2.34. The van der Waals surface area contributed by atoms with Crippen LogP contribution in [0.5, 0.6) is 0 Å². The Hall–Kier alpha value is -2.15. The predicted octanol–water partition coefficient (Wildman–Crippen LogP) is 3.17. The number of carbonyl (C=O) groups is 2. The molecule has 1 unspecified atom stereocenters. The minimum Gasteiger partial charge on any atom is -0.480 e. The van der Waals surface area contributed by atoms with E-state index in [1.807, 2.05) is 6.92 Å². The molecule has 0 bridgehead atoms. The van der Waals surface area contributed by atoms with E-state index in [1.165, 1.54) is 12.0 Å². The number of rotatable bonds is 11. The highest BCUT2D eigenvalue weighted by atomic mass is 16.5. The molecule has 2 heterocycles. The third kappa shape index (κ3) is 6.17. The third-order valence-corrected chi connectivity index (χ3v) is 6.39. The molecular weight excluding hydrogens is 382 g/mol. The lowest BCUT2D eigenvalue weighted by Crippen LogP contribution is -2.44. The summed E-state index contributed by atoms with van der Waals surface area (Å²) >= 11 is 0. The summed E-state index contributed by atoms with van der Waals surface area (Å²) in [6.45, 7) is 5.08. The summed E-state index contributed by atoms with van der Waals surface area (Å²) < 4.78 is 5.84. The van der Waals surface area contributed by atoms with E-state index in [4.69, 9.17) is 9.72 Å². The molecule has 1 aromatic rings. The van der Waals surface area contributed by atoms with E-state index in [0.29, 0.717) is 25.4 Å². The van der Waals surface area contributed by atoms with Crippen LogP contribution in [-0.4, -0.2) is 47.3 Å². The number of carboxylic acids is 1. The minimum absolute atomic E-state index is 0.180. The number of hydrogen-bond acceptors (Lipinski definition) is 5. The second kappa shape index (κ2) is 10.8. The van der Waals surface area contributed by atoms with Crippen molar-refractivity contribution < 1.29 is 19.4 Å². The van der Waals surface area contributed by atoms with Crippen molar-refractivity contribution in [1.82, 2.24) is 10.3 Å². The Balaban J connectivity index is 1.32. The number of anilines is 1. The van der Waals surface area contributed by atoms with Gasteiger partial charge in [-0.1, -0.05) is 19.9 Å². The number of nitrogens with one attached hydrogen (secondary N) is 2. The van der Waals surface area contributed by atoms with Gasteiger partial charge < -0.3 is 20.5 Å². The van der Waals surface area contributed by atoms with Crippen molar-refractivity contribution in [2.24, 2.45) is 11.8 Å². The highest BCUT2D eigenvalue weighted by Gasteiger charge is 2.30. The van der Waals surface area contributed by atoms with Crippen molar-refractivity contribution in [3.05, 3.63) is 23.4 Å². The Kier molecular flexibility index (Phi) is 8.08. The van der Waals surface area contributed by atoms with Gasteiger partial charge in [0.25, 0.3) is 0 Å². The number of hydrogen-bond donors (Lipinski definition) is 3. The first kappa shape index (κ1) is 22.5. The first-order chi connectivity index (χ1) is 14.5. The molecule has 166 valence electrons. The number of aromatic nitrogens is 1. The van der Waals surface area contributed by atoms with E-state index in [0.717, 1.165) is 50.2 Å². The zero-order valence-electron chi connectivity index (χ0n) is 18.2. The smallest absolute Gasteiger partial charge is 0.326 e. The summed E-state index contributed by atoms with van der Waals surface area (Å²) in [6.07, 6.45) is 7.59. The number of pyridine rings is 1. The average Bonchev–Trinajstić information content (AvgIpc) is 2.72. The van der Waals surface area contributed by atoms with E-state index in [1.54, 1.807) is 6.92 Å². The average molecular weight is 418 g/mol. The molecule has 1 aromatic heterocycles. The van der Waals surface area contributed by atoms with Crippen molar-refractivity contribution in [2.75, 3.05) is 18.5 Å². The zero-order chi connectivity index (χ0) is 21.5. The second-order valence-corrected chi connectivity index (χ2v) is 8.71. The van der Waals surface area contributed by atoms with Crippen LogP contribution in [0.3, 0.4) is 0 Å². The van der Waals surface area contributed by atoms with E-state index >= 15 is 0 Å². The topological polar surface area (TPSA) is 101 Å². The van der Waals surface area contributed by atoms with Crippen molar-refractivity contribution in [1.29, 1.82) is 0 Å². The molecule has 3 rings (SSSR count). The molecule has 0 radical (unpaired) electrons. The van der Waals surface area contributed by atoms with Gasteiger partial charge in [-0.15, -0.1) is 0 Å². The highest BCUT2D eigenvalue weighted by molar-refractivity contribution is 5.84. The Morgan fingerprint density at radius 1 is 1.37 bits per heavy atom. The molecule has 1 saturated carbocycles. The quantitative estimate of drug-likeness (QED) is 0.511. The molecular formula is C23H35N3O4. The zero-order valence-corrected chi connectivity index (χ0v) is 18.2. The molecule has 1 fully saturated rings. The molecule has 0 saturated heterocycles. The van der Waals surface area contributed by atoms with Crippen LogP contribution in [0.1, 0.15) is 63.6 Å². The molecule has 30 heavy (non-hydrogen) atoms. The number of ether oxygens (including phenoxy) is 1. The Morgan fingerprint density at radius 2 is 2.17 bits per heavy atom. The monoisotopic (exact) mass is 417 g/mol. The van der Waals surface area contributed by atoms with Gasteiger partial charge in [0.15, 0.2) is 0 Å². The normalized spacial score (nSPS) is 22.2. The molecule has 0 spiro atoms. The number of amides is 1. The van der Waals surface area contributed by atoms with E-state index in [2.05, 4.69) is 22.8 Å². The minimum atomic E-state index is -1.01. The largest absolute Gasteiger partial charge is 0.480 e. The lowest BCUT2D eigenvalue weighted by molar-refractivity contribution is -0.143. The Labute approximate surface area is 179 Å². The maximum atomic E-state index is 11.9. The van der Waals surface area contributed by atoms with Gasteiger partial charge in [-0.25, -0.2) is 9.78 Å². The number of carbonyl (C=O) groups excluding carboxylic acids is 1. The number of aryl methyl sites for hydroxylation is 2. The Morgan fingerprint density at radius 3 is 2.90 bits per heavy atom. The van der Waals surface area contributed by atoms with E-state index < -0.39 is 12.0 Å². The van der Waals surface area contributed by atoms with Gasteiger partial charge >= 0.3 is 5.97 Å². The fraction of sp³-hybridized carbons (Fsp3) is 0.696. The Bertz CT molecular complexity index is 733. The molecule has 1 aliphatic heterocycles. The number of fused-ring (bicyclic) bond motifs is 1. The summed E-state index contributed by atoms with van der Waals surface area (Å²) in [6, 6.07) is 3.47. The summed E-state index contributed by atoms with van der Waals surface area (Å²) in [4.78, 5) is 28.1. The maximum absolute atomic E-state index is 11.9. The molecule has 0 aromatic carbocycles. The van der Waals surface area contributed by atoms with Crippen LogP contribution in [0.2, 0.25) is 0 Å². The van der Waals surface area contributed by atoms with Crippen LogP contribution in [0, 0.1) is 11.8 Å². The van der Waals surface area contributed by atoms with Gasteiger partial charge in [0.05, 0.1) is 6.10 Å². The van der Waals surface area contributed by atoms with Gasteiger partial charge in [0.1, 0.15) is 11.9 Å². The van der Waals surface area contributed by atoms with E-state index in [-0.39, 0.29) is 17.9 Å². The van der Waals surface area contributed by atoms with Crippen LogP contribution in [0.15, 0.2) is 12.1 Å². The first-order valence-electron chi connectivity index (χ1n) is 11.3. The summed E-state index contributed by atoms with van der Waals surface area (Å²) in [5, 5.41) is 15.3. The van der Waals surface area contributed by atoms with Crippen LogP contribution >= 0.6 is 0 Å². The standard InChI is InChI=1S/C23H35N3O4/c1-3-15(2)22(27)26-20(23(28)29)10-12-30-19-13-16(14-19)6-8-18-9-7-17-5-4-11-24-21(17)25-18/h7,9,15-16,19-20H,3-6,8,10-14H2,1-2H3,(H,24,25)(H,26,27)(H,28,29)/t15?,16?,19?,20-/m0/s1. The van der Waals surface area contributed by atoms with Crippen molar-refractivity contribution in [2.45, 2.75) is 77.4 Å². The third-order valence-electron chi connectivity index (χ3n) is 6.39. The fourth-order valence-electron chi connectivity index (χ4n) is 4.02. The van der Waals surface area contributed by atoms with Gasteiger partial charge in [0, 0.05) is 31.2 Å². The predicted molar refractivity (Wildman–Crippen MR) is 115 cm³/mol. The lowest BCUT2D eigenvalue weighted by Gasteiger charge is -2.35. The molecule has 2 atom stereocenters. The molecule has 1 aliphatic carbocycles. The molecule has 3 N–H and O–H groups in total. The summed E-state index contributed by atoms with van der Waals surface area (Å²) in [7, 11) is 0.